The highest BCUT2D eigenvalue weighted by Crippen LogP contribution is 2.12. The molecule has 0 fully saturated rings. The van der Waals surface area contributed by atoms with Gasteiger partial charge in [0.05, 0.1) is 12.8 Å². The van der Waals surface area contributed by atoms with Crippen LogP contribution in [0, 0.1) is 0 Å². The Bertz CT molecular complexity index is 1210. The monoisotopic (exact) mass is 628 g/mol. The summed E-state index contributed by atoms with van der Waals surface area (Å²) >= 11 is 0. The summed E-state index contributed by atoms with van der Waals surface area (Å²) in [7, 11) is 0. The number of alkyl carbamates (subject to hydrolysis) is 2. The van der Waals surface area contributed by atoms with Crippen LogP contribution in [0.1, 0.15) is 65.5 Å². The number of hydrogen-bond acceptors (Lipinski definition) is 11. The van der Waals surface area contributed by atoms with Crippen molar-refractivity contribution in [1.82, 2.24) is 10.6 Å². The van der Waals surface area contributed by atoms with E-state index in [1.807, 2.05) is 0 Å². The van der Waals surface area contributed by atoms with E-state index in [9.17, 15) is 28.8 Å². The van der Waals surface area contributed by atoms with Crippen LogP contribution in [-0.4, -0.2) is 59.3 Å². The maximum Gasteiger partial charge on any atom is 0.408 e. The maximum atomic E-state index is 13.1. The van der Waals surface area contributed by atoms with Crippen LogP contribution < -0.4 is 10.6 Å². The second kappa shape index (κ2) is 16.8. The topological polar surface area (TPSA) is 173 Å². The van der Waals surface area contributed by atoms with Crippen LogP contribution in [0.15, 0.2) is 60.7 Å². The Morgan fingerprint density at radius 2 is 0.911 bits per heavy atom. The lowest BCUT2D eigenvalue weighted by Crippen LogP contribution is -2.49. The largest absolute Gasteiger partial charge is 0.461 e. The van der Waals surface area contributed by atoms with E-state index in [2.05, 4.69) is 10.6 Å². The van der Waals surface area contributed by atoms with Crippen molar-refractivity contribution in [2.45, 2.75) is 90.9 Å². The number of nitrogens with one attached hydrogen (secondary N) is 2. The van der Waals surface area contributed by atoms with Gasteiger partial charge in [0.2, 0.25) is 0 Å². The normalized spacial score (nSPS) is 12.5. The molecule has 0 saturated carbocycles. The molecular weight excluding hydrogens is 588 g/mol. The summed E-state index contributed by atoms with van der Waals surface area (Å²) in [6, 6.07) is 14.0. The van der Waals surface area contributed by atoms with Gasteiger partial charge in [-0.2, -0.15) is 0 Å². The zero-order chi connectivity index (χ0) is 33.6. The highest BCUT2D eigenvalue weighted by molar-refractivity contribution is 5.96. The molecule has 13 nitrogen and oxygen atoms in total. The Balaban J connectivity index is 2.16. The van der Waals surface area contributed by atoms with Gasteiger partial charge in [-0.05, 0) is 52.7 Å². The molecule has 0 heterocycles. The summed E-state index contributed by atoms with van der Waals surface area (Å²) in [6.07, 6.45) is -3.58. The lowest BCUT2D eigenvalue weighted by molar-refractivity contribution is -0.166. The molecule has 0 unspecified atom stereocenters. The van der Waals surface area contributed by atoms with E-state index in [4.69, 9.17) is 23.7 Å². The average molecular weight is 629 g/mol. The fraction of sp³-hybridized carbons (Fsp3) is 0.438. The number of amides is 2. The molecule has 0 aliphatic carbocycles. The van der Waals surface area contributed by atoms with Crippen molar-refractivity contribution in [2.75, 3.05) is 0 Å². The Labute approximate surface area is 261 Å². The first-order valence-electron chi connectivity index (χ1n) is 14.1. The Hall–Kier alpha value is -4.94. The summed E-state index contributed by atoms with van der Waals surface area (Å²) < 4.78 is 25.7. The van der Waals surface area contributed by atoms with Crippen LogP contribution >= 0.6 is 0 Å². The Kier molecular flexibility index (Phi) is 13.5. The molecule has 0 radical (unpaired) electrons. The summed E-state index contributed by atoms with van der Waals surface area (Å²) in [6.45, 7) is 9.29. The molecule has 0 aliphatic heterocycles. The van der Waals surface area contributed by atoms with Crippen LogP contribution in [0.5, 0.6) is 0 Å². The van der Waals surface area contributed by atoms with Gasteiger partial charge in [0.15, 0.2) is 0 Å². The Morgan fingerprint density at radius 3 is 1.22 bits per heavy atom. The summed E-state index contributed by atoms with van der Waals surface area (Å²) in [5.41, 5.74) is -0.555. The van der Waals surface area contributed by atoms with Gasteiger partial charge in [0, 0.05) is 0 Å². The van der Waals surface area contributed by atoms with Crippen LogP contribution in [0.25, 0.3) is 0 Å². The molecule has 244 valence electrons. The van der Waals surface area contributed by atoms with Gasteiger partial charge in [0.25, 0.3) is 0 Å². The molecule has 2 aromatic rings. The number of carbonyl (C=O) groups is 6. The van der Waals surface area contributed by atoms with Crippen molar-refractivity contribution in [3.63, 3.8) is 0 Å². The molecule has 2 aromatic carbocycles. The number of ether oxygens (including phenoxy) is 5. The highest BCUT2D eigenvalue weighted by atomic mass is 16.6. The molecule has 0 saturated heterocycles. The third-order valence-corrected chi connectivity index (χ3v) is 5.38. The number of hydrogen-bond donors (Lipinski definition) is 2. The van der Waals surface area contributed by atoms with Crippen molar-refractivity contribution < 1.29 is 52.5 Å². The molecule has 45 heavy (non-hydrogen) atoms. The lowest BCUT2D eigenvalue weighted by Gasteiger charge is -2.24. The number of rotatable bonds is 12. The van der Waals surface area contributed by atoms with Crippen molar-refractivity contribution in [3.8, 4) is 0 Å². The molecule has 0 bridgehead atoms. The molecule has 13 heteroatoms. The predicted octanol–water partition coefficient (Wildman–Crippen LogP) is 4.11. The fourth-order valence-electron chi connectivity index (χ4n) is 3.45. The van der Waals surface area contributed by atoms with Gasteiger partial charge in [-0.3, -0.25) is 9.59 Å². The molecular formula is C32H40N2O11. The summed E-state index contributed by atoms with van der Waals surface area (Å²) in [4.78, 5) is 76.3. The van der Waals surface area contributed by atoms with Crippen molar-refractivity contribution in [2.24, 2.45) is 0 Å². The second-order valence-electron chi connectivity index (χ2n) is 11.8. The van der Waals surface area contributed by atoms with Crippen molar-refractivity contribution >= 4 is 36.1 Å². The lowest BCUT2D eigenvalue weighted by atomic mass is 10.2. The van der Waals surface area contributed by atoms with E-state index in [0.717, 1.165) is 0 Å². The van der Waals surface area contributed by atoms with E-state index in [-0.39, 0.29) is 13.2 Å². The van der Waals surface area contributed by atoms with Gasteiger partial charge in [-0.15, -0.1) is 0 Å². The first kappa shape index (κ1) is 36.3. The third kappa shape index (κ3) is 15.4. The molecule has 2 atom stereocenters. The molecule has 0 aliphatic rings. The predicted molar refractivity (Wildman–Crippen MR) is 159 cm³/mol. The minimum atomic E-state index is -1.72. The van der Waals surface area contributed by atoms with Crippen LogP contribution in [-0.2, 0) is 56.1 Å². The Morgan fingerprint density at radius 1 is 0.578 bits per heavy atom. The smallest absolute Gasteiger partial charge is 0.408 e. The van der Waals surface area contributed by atoms with Gasteiger partial charge in [0.1, 0.15) is 36.5 Å². The van der Waals surface area contributed by atoms with E-state index in [0.29, 0.717) is 11.1 Å². The molecule has 0 aromatic heterocycles. The molecule has 0 spiro atoms. The quantitative estimate of drug-likeness (QED) is 0.197. The van der Waals surface area contributed by atoms with Crippen molar-refractivity contribution in [3.05, 3.63) is 71.8 Å². The van der Waals surface area contributed by atoms with E-state index in [1.54, 1.807) is 102 Å². The summed E-state index contributed by atoms with van der Waals surface area (Å²) in [5.74, 6) is -4.51. The number of benzene rings is 2. The average Bonchev–Trinajstić information content (AvgIpc) is 2.93. The first-order valence-corrected chi connectivity index (χ1v) is 14.1. The third-order valence-electron chi connectivity index (χ3n) is 5.38. The number of esters is 4. The molecule has 2 N–H and O–H groups in total. The minimum Gasteiger partial charge on any atom is -0.461 e. The van der Waals surface area contributed by atoms with E-state index >= 15 is 0 Å². The fourth-order valence-corrected chi connectivity index (χ4v) is 3.45. The standard InChI is InChI=1S/C32H40N2O11/c1-31(2,3)44-29(39)33-23(17-25(35)41-19-21-13-9-7-10-14-21)27(37)43-28(38)24(34-30(40)45-32(4,5)6)18-26(36)42-20-22-15-11-8-12-16-22/h7-16,23-24H,17-20H2,1-6H3,(H,33,39)(H,34,40)/t23-,24-/m0/s1. The highest BCUT2D eigenvalue weighted by Gasteiger charge is 2.34. The van der Waals surface area contributed by atoms with Gasteiger partial charge < -0.3 is 34.3 Å². The zero-order valence-corrected chi connectivity index (χ0v) is 26.2. The number of carbonyl (C=O) groups excluding carboxylic acids is 6. The van der Waals surface area contributed by atoms with Gasteiger partial charge in [-0.1, -0.05) is 60.7 Å². The van der Waals surface area contributed by atoms with E-state index in [1.165, 1.54) is 0 Å². The van der Waals surface area contributed by atoms with E-state index < -0.39 is 72.2 Å². The van der Waals surface area contributed by atoms with Gasteiger partial charge >= 0.3 is 36.1 Å². The second-order valence-corrected chi connectivity index (χ2v) is 11.8. The first-order chi connectivity index (χ1) is 21.0. The molecule has 2 rings (SSSR count). The zero-order valence-electron chi connectivity index (χ0n) is 26.2. The van der Waals surface area contributed by atoms with Crippen LogP contribution in [0.2, 0.25) is 0 Å². The van der Waals surface area contributed by atoms with Crippen LogP contribution in [0.4, 0.5) is 9.59 Å². The molecule has 2 amide bonds. The SMILES string of the molecule is CC(C)(C)OC(=O)N[C@@H](CC(=O)OCc1ccccc1)C(=O)OC(=O)[C@H](CC(=O)OCc1ccccc1)NC(=O)OC(C)(C)C. The maximum absolute atomic E-state index is 13.1. The summed E-state index contributed by atoms with van der Waals surface area (Å²) in [5, 5.41) is 4.41. The van der Waals surface area contributed by atoms with Crippen molar-refractivity contribution in [1.29, 1.82) is 0 Å². The minimum absolute atomic E-state index is 0.111. The van der Waals surface area contributed by atoms with Gasteiger partial charge in [-0.25, -0.2) is 19.2 Å². The van der Waals surface area contributed by atoms with Crippen LogP contribution in [0.3, 0.4) is 0 Å².